The maximum atomic E-state index is 5.40. The Morgan fingerprint density at radius 1 is 1.12 bits per heavy atom. The lowest BCUT2D eigenvalue weighted by atomic mass is 9.86. The Labute approximate surface area is 154 Å². The van der Waals surface area contributed by atoms with Gasteiger partial charge >= 0.3 is 0 Å². The lowest BCUT2D eigenvalue weighted by Crippen LogP contribution is -2.44. The molecule has 7 heteroatoms. The maximum Gasteiger partial charge on any atom is 0.187 e. The molecule has 0 unspecified atom stereocenters. The normalized spacial score (nSPS) is 20.2. The van der Waals surface area contributed by atoms with E-state index in [0.29, 0.717) is 39.9 Å². The Kier molecular flexibility index (Phi) is 7.31. The average molecular weight is 365 g/mol. The predicted molar refractivity (Wildman–Crippen MR) is 104 cm³/mol. The van der Waals surface area contributed by atoms with Gasteiger partial charge in [0.25, 0.3) is 0 Å². The molecule has 0 heterocycles. The quantitative estimate of drug-likeness (QED) is 0.459. The summed E-state index contributed by atoms with van der Waals surface area (Å²) in [4.78, 5) is 0. The first kappa shape index (κ1) is 19.3. The van der Waals surface area contributed by atoms with Crippen LogP contribution < -0.4 is 25.0 Å². The van der Waals surface area contributed by atoms with Crippen molar-refractivity contribution in [3.05, 3.63) is 17.7 Å². The molecule has 0 bridgehead atoms. The van der Waals surface area contributed by atoms with E-state index in [4.69, 9.17) is 26.4 Å². The fraction of sp³-hybridized carbons (Fsp3) is 0.556. The third-order valence-electron chi connectivity index (χ3n) is 4.54. The summed E-state index contributed by atoms with van der Waals surface area (Å²) in [6, 6.07) is 3.97. The van der Waals surface area contributed by atoms with Crippen LogP contribution in [0.25, 0.3) is 0 Å². The Balaban J connectivity index is 2.02. The summed E-state index contributed by atoms with van der Waals surface area (Å²) in [5, 5.41) is 8.11. The lowest BCUT2D eigenvalue weighted by Gasteiger charge is -2.30. The zero-order valence-electron chi connectivity index (χ0n) is 15.3. The van der Waals surface area contributed by atoms with E-state index in [0.717, 1.165) is 6.42 Å². The highest BCUT2D eigenvalue weighted by Crippen LogP contribution is 2.32. The van der Waals surface area contributed by atoms with Crippen molar-refractivity contribution in [1.82, 2.24) is 10.7 Å². The fourth-order valence-corrected chi connectivity index (χ4v) is 3.25. The molecule has 0 radical (unpaired) electrons. The largest absolute Gasteiger partial charge is 0.496 e. The van der Waals surface area contributed by atoms with Gasteiger partial charge in [0.1, 0.15) is 17.2 Å². The average Bonchev–Trinajstić information content (AvgIpc) is 2.63. The van der Waals surface area contributed by atoms with Gasteiger partial charge in [0.2, 0.25) is 0 Å². The molecule has 2 atom stereocenters. The molecule has 1 aromatic carbocycles. The molecule has 0 spiro atoms. The molecule has 1 aliphatic carbocycles. The van der Waals surface area contributed by atoms with Crippen LogP contribution in [0.3, 0.4) is 0 Å². The van der Waals surface area contributed by atoms with Crippen molar-refractivity contribution < 1.29 is 14.2 Å². The van der Waals surface area contributed by atoms with E-state index < -0.39 is 0 Å². The standard InChI is InChI=1S/C18H27N3O3S/c1-12-7-5-6-8-15(12)20-18(25)21-19-11-14-16(23-3)9-13(22-2)10-17(14)24-4/h9-12,15H,5-8H2,1-4H3,(H2,20,21,25)/b19-11-/t12-,15+/m0/s1. The van der Waals surface area contributed by atoms with E-state index in [1.54, 1.807) is 39.7 Å². The number of methoxy groups -OCH3 is 3. The van der Waals surface area contributed by atoms with Crippen molar-refractivity contribution >= 4 is 23.5 Å². The molecule has 1 aromatic rings. The molecule has 1 saturated carbocycles. The molecule has 2 N–H and O–H groups in total. The third kappa shape index (κ3) is 5.22. The van der Waals surface area contributed by atoms with Gasteiger partial charge in [-0.05, 0) is 31.0 Å². The number of benzene rings is 1. The highest BCUT2D eigenvalue weighted by molar-refractivity contribution is 7.80. The smallest absolute Gasteiger partial charge is 0.187 e. The molecule has 0 aliphatic heterocycles. The van der Waals surface area contributed by atoms with Crippen molar-refractivity contribution in [3.63, 3.8) is 0 Å². The first-order valence-electron chi connectivity index (χ1n) is 8.48. The second-order valence-corrected chi connectivity index (χ2v) is 6.57. The van der Waals surface area contributed by atoms with E-state index >= 15 is 0 Å². The van der Waals surface area contributed by atoms with E-state index in [9.17, 15) is 0 Å². The van der Waals surface area contributed by atoms with Gasteiger partial charge in [0.15, 0.2) is 5.11 Å². The molecular weight excluding hydrogens is 338 g/mol. The number of nitrogens with one attached hydrogen (secondary N) is 2. The molecule has 138 valence electrons. The van der Waals surface area contributed by atoms with Crippen molar-refractivity contribution in [2.45, 2.75) is 38.6 Å². The number of thiocarbonyl (C=S) groups is 1. The summed E-state index contributed by atoms with van der Waals surface area (Å²) in [6.07, 6.45) is 6.56. The van der Waals surface area contributed by atoms with Crippen molar-refractivity contribution in [1.29, 1.82) is 0 Å². The van der Waals surface area contributed by atoms with Crippen molar-refractivity contribution in [3.8, 4) is 17.2 Å². The summed E-state index contributed by atoms with van der Waals surface area (Å²) in [7, 11) is 4.78. The van der Waals surface area contributed by atoms with Crippen LogP contribution in [0, 0.1) is 5.92 Å². The zero-order chi connectivity index (χ0) is 18.2. The second-order valence-electron chi connectivity index (χ2n) is 6.16. The number of nitrogens with zero attached hydrogens (tertiary/aromatic N) is 1. The van der Waals surface area contributed by atoms with Crippen LogP contribution in [-0.4, -0.2) is 38.7 Å². The van der Waals surface area contributed by atoms with Gasteiger partial charge in [-0.2, -0.15) is 5.10 Å². The Bertz CT molecular complexity index is 597. The predicted octanol–water partition coefficient (Wildman–Crippen LogP) is 3.09. The van der Waals surface area contributed by atoms with Gasteiger partial charge < -0.3 is 19.5 Å². The Hall–Kier alpha value is -2.02. The van der Waals surface area contributed by atoms with Crippen molar-refractivity contribution in [2.75, 3.05) is 21.3 Å². The fourth-order valence-electron chi connectivity index (χ4n) is 3.05. The van der Waals surface area contributed by atoms with Gasteiger partial charge in [-0.1, -0.05) is 19.8 Å². The van der Waals surface area contributed by atoms with Gasteiger partial charge in [-0.3, -0.25) is 5.43 Å². The van der Waals surface area contributed by atoms with Crippen LogP contribution in [-0.2, 0) is 0 Å². The second kappa shape index (κ2) is 9.46. The maximum absolute atomic E-state index is 5.40. The topological polar surface area (TPSA) is 64.1 Å². The molecule has 0 saturated heterocycles. The minimum Gasteiger partial charge on any atom is -0.496 e. The van der Waals surface area contributed by atoms with Crippen LogP contribution in [0.4, 0.5) is 0 Å². The van der Waals surface area contributed by atoms with Gasteiger partial charge in [0.05, 0.1) is 33.1 Å². The molecule has 0 aromatic heterocycles. The van der Waals surface area contributed by atoms with E-state index in [1.807, 2.05) is 0 Å². The monoisotopic (exact) mass is 365 g/mol. The molecule has 0 amide bonds. The minimum atomic E-state index is 0.411. The number of hydrogen-bond donors (Lipinski definition) is 2. The summed E-state index contributed by atoms with van der Waals surface area (Å²) < 4.78 is 16.0. The van der Waals surface area contributed by atoms with Crippen LogP contribution in [0.5, 0.6) is 17.2 Å². The van der Waals surface area contributed by atoms with Crippen LogP contribution in [0.2, 0.25) is 0 Å². The van der Waals surface area contributed by atoms with Crippen LogP contribution in [0.15, 0.2) is 17.2 Å². The lowest BCUT2D eigenvalue weighted by molar-refractivity contribution is 0.308. The molecule has 1 aliphatic rings. The molecule has 1 fully saturated rings. The summed E-state index contributed by atoms with van der Waals surface area (Å²) in [5.41, 5.74) is 3.59. The number of rotatable bonds is 6. The Morgan fingerprint density at radius 3 is 2.32 bits per heavy atom. The highest BCUT2D eigenvalue weighted by atomic mass is 32.1. The summed E-state index contributed by atoms with van der Waals surface area (Å²) in [5.74, 6) is 2.50. The molecule has 25 heavy (non-hydrogen) atoms. The van der Waals surface area contributed by atoms with Crippen LogP contribution in [0.1, 0.15) is 38.2 Å². The van der Waals surface area contributed by atoms with E-state index in [2.05, 4.69) is 22.8 Å². The first-order valence-corrected chi connectivity index (χ1v) is 8.89. The first-order chi connectivity index (χ1) is 12.1. The van der Waals surface area contributed by atoms with Crippen LogP contribution >= 0.6 is 12.2 Å². The number of ether oxygens (including phenoxy) is 3. The number of hydrazone groups is 1. The molecule has 6 nitrogen and oxygen atoms in total. The van der Waals surface area contributed by atoms with E-state index in [-0.39, 0.29) is 0 Å². The summed E-state index contributed by atoms with van der Waals surface area (Å²) >= 11 is 5.35. The Morgan fingerprint density at radius 2 is 1.76 bits per heavy atom. The number of hydrogen-bond acceptors (Lipinski definition) is 5. The third-order valence-corrected chi connectivity index (χ3v) is 4.75. The summed E-state index contributed by atoms with van der Waals surface area (Å²) in [6.45, 7) is 2.26. The SMILES string of the molecule is COc1cc(OC)c(/C=N\NC(=S)N[C@@H]2CCCC[C@@H]2C)c(OC)c1. The van der Waals surface area contributed by atoms with Gasteiger partial charge in [-0.15, -0.1) is 0 Å². The van der Waals surface area contributed by atoms with Gasteiger partial charge in [0, 0.05) is 18.2 Å². The zero-order valence-corrected chi connectivity index (χ0v) is 16.1. The molecular formula is C18H27N3O3S. The molecule has 2 rings (SSSR count). The highest BCUT2D eigenvalue weighted by Gasteiger charge is 2.21. The van der Waals surface area contributed by atoms with Gasteiger partial charge in [-0.25, -0.2) is 0 Å². The van der Waals surface area contributed by atoms with Crippen molar-refractivity contribution in [2.24, 2.45) is 11.0 Å². The van der Waals surface area contributed by atoms with E-state index in [1.165, 1.54) is 19.3 Å². The minimum absolute atomic E-state index is 0.411.